The third-order valence-electron chi connectivity index (χ3n) is 5.26. The van der Waals surface area contributed by atoms with Crippen LogP contribution in [0.4, 0.5) is 5.95 Å². The van der Waals surface area contributed by atoms with E-state index in [9.17, 15) is 10.2 Å². The van der Waals surface area contributed by atoms with Crippen LogP contribution in [0.5, 0.6) is 11.5 Å². The van der Waals surface area contributed by atoms with E-state index in [-0.39, 0.29) is 12.4 Å². The van der Waals surface area contributed by atoms with Crippen LogP contribution >= 0.6 is 0 Å². The van der Waals surface area contributed by atoms with Crippen LogP contribution in [0, 0.1) is 6.92 Å². The van der Waals surface area contributed by atoms with Crippen molar-refractivity contribution in [1.29, 1.82) is 0 Å². The topological polar surface area (TPSA) is 82.0 Å². The number of phenols is 1. The molecule has 1 aliphatic heterocycles. The van der Waals surface area contributed by atoms with Gasteiger partial charge in [0, 0.05) is 55.9 Å². The fourth-order valence-corrected chi connectivity index (χ4v) is 3.77. The van der Waals surface area contributed by atoms with E-state index in [1.54, 1.807) is 18.5 Å². The van der Waals surface area contributed by atoms with E-state index in [4.69, 9.17) is 4.74 Å². The summed E-state index contributed by atoms with van der Waals surface area (Å²) in [4.78, 5) is 13.0. The number of rotatable bonds is 6. The molecule has 152 valence electrons. The average Bonchev–Trinajstić information content (AvgIpc) is 2.75. The number of phenolic OH excluding ortho intramolecular Hbond substituents is 1. The van der Waals surface area contributed by atoms with Gasteiger partial charge in [-0.3, -0.25) is 4.90 Å². The number of hydrogen-bond acceptors (Lipinski definition) is 7. The standard InChI is InChI=1S/C22H26N4O3/c1-16-13-20(28)18-5-2-3-6-19(18)21(16)29-15-17(27)14-25-9-11-26(12-10-25)22-23-7-4-8-24-22/h2-8,13,17,27-28H,9-12,14-15H2,1H3. The summed E-state index contributed by atoms with van der Waals surface area (Å²) in [5, 5.41) is 22.3. The van der Waals surface area contributed by atoms with E-state index in [1.165, 1.54) is 0 Å². The van der Waals surface area contributed by atoms with Crippen LogP contribution in [0.25, 0.3) is 10.8 Å². The molecule has 0 saturated carbocycles. The molecule has 29 heavy (non-hydrogen) atoms. The molecule has 7 nitrogen and oxygen atoms in total. The van der Waals surface area contributed by atoms with Crippen molar-refractivity contribution >= 4 is 16.7 Å². The molecule has 1 aromatic heterocycles. The number of anilines is 1. The Labute approximate surface area is 170 Å². The molecule has 4 rings (SSSR count). The van der Waals surface area contributed by atoms with Crippen LogP contribution in [-0.2, 0) is 0 Å². The van der Waals surface area contributed by atoms with Crippen LogP contribution in [0.2, 0.25) is 0 Å². The quantitative estimate of drug-likeness (QED) is 0.663. The van der Waals surface area contributed by atoms with Crippen molar-refractivity contribution in [3.63, 3.8) is 0 Å². The summed E-state index contributed by atoms with van der Waals surface area (Å²) < 4.78 is 5.98. The van der Waals surface area contributed by atoms with Crippen LogP contribution in [0.3, 0.4) is 0 Å². The number of aromatic hydroxyl groups is 1. The Bertz CT molecular complexity index is 959. The van der Waals surface area contributed by atoms with Gasteiger partial charge in [0.1, 0.15) is 24.2 Å². The predicted octanol–water partition coefficient (Wildman–Crippen LogP) is 2.21. The SMILES string of the molecule is Cc1cc(O)c2ccccc2c1OCC(O)CN1CCN(c2ncccn2)CC1. The van der Waals surface area contributed by atoms with E-state index >= 15 is 0 Å². The maximum absolute atomic E-state index is 10.5. The minimum Gasteiger partial charge on any atom is -0.507 e. The van der Waals surface area contributed by atoms with E-state index in [1.807, 2.05) is 37.3 Å². The number of aryl methyl sites for hydroxylation is 1. The van der Waals surface area contributed by atoms with Gasteiger partial charge in [-0.05, 0) is 24.6 Å². The van der Waals surface area contributed by atoms with Gasteiger partial charge in [0.2, 0.25) is 5.95 Å². The zero-order chi connectivity index (χ0) is 20.2. The second-order valence-corrected chi connectivity index (χ2v) is 7.39. The van der Waals surface area contributed by atoms with Gasteiger partial charge in [-0.25, -0.2) is 9.97 Å². The Morgan fingerprint density at radius 2 is 1.72 bits per heavy atom. The zero-order valence-corrected chi connectivity index (χ0v) is 16.5. The first-order valence-electron chi connectivity index (χ1n) is 9.88. The molecule has 2 heterocycles. The first-order chi connectivity index (χ1) is 14.1. The van der Waals surface area contributed by atoms with E-state index < -0.39 is 6.10 Å². The Morgan fingerprint density at radius 1 is 1.03 bits per heavy atom. The lowest BCUT2D eigenvalue weighted by molar-refractivity contribution is 0.0665. The van der Waals surface area contributed by atoms with Crippen molar-refractivity contribution in [1.82, 2.24) is 14.9 Å². The van der Waals surface area contributed by atoms with E-state index in [0.717, 1.165) is 48.5 Å². The van der Waals surface area contributed by atoms with Crippen molar-refractivity contribution in [2.45, 2.75) is 13.0 Å². The second kappa shape index (κ2) is 8.63. The number of hydrogen-bond donors (Lipinski definition) is 2. The Hall–Kier alpha value is -2.90. The normalized spacial score (nSPS) is 16.1. The molecule has 0 aliphatic carbocycles. The first-order valence-corrected chi connectivity index (χ1v) is 9.88. The fourth-order valence-electron chi connectivity index (χ4n) is 3.77. The Kier molecular flexibility index (Phi) is 5.78. The zero-order valence-electron chi connectivity index (χ0n) is 16.5. The van der Waals surface area contributed by atoms with Gasteiger partial charge in [-0.1, -0.05) is 24.3 Å². The van der Waals surface area contributed by atoms with Gasteiger partial charge in [-0.2, -0.15) is 0 Å². The number of benzene rings is 2. The van der Waals surface area contributed by atoms with Crippen LogP contribution in [0.1, 0.15) is 5.56 Å². The van der Waals surface area contributed by atoms with E-state index in [0.29, 0.717) is 12.3 Å². The second-order valence-electron chi connectivity index (χ2n) is 7.39. The smallest absolute Gasteiger partial charge is 0.225 e. The summed E-state index contributed by atoms with van der Waals surface area (Å²) in [6, 6.07) is 11.1. The summed E-state index contributed by atoms with van der Waals surface area (Å²) in [7, 11) is 0. The molecule has 0 bridgehead atoms. The molecule has 1 unspecified atom stereocenters. The van der Waals surface area contributed by atoms with Crippen molar-refractivity contribution in [2.24, 2.45) is 0 Å². The highest BCUT2D eigenvalue weighted by molar-refractivity contribution is 5.94. The highest BCUT2D eigenvalue weighted by atomic mass is 16.5. The monoisotopic (exact) mass is 394 g/mol. The molecular formula is C22H26N4O3. The minimum absolute atomic E-state index is 0.206. The van der Waals surface area contributed by atoms with Crippen LogP contribution < -0.4 is 9.64 Å². The van der Waals surface area contributed by atoms with Gasteiger partial charge >= 0.3 is 0 Å². The largest absolute Gasteiger partial charge is 0.507 e. The molecule has 2 aromatic carbocycles. The molecule has 1 fully saturated rings. The van der Waals surface area contributed by atoms with Crippen LogP contribution in [-0.4, -0.2) is 70.5 Å². The summed E-state index contributed by atoms with van der Waals surface area (Å²) in [5.74, 6) is 1.71. The maximum atomic E-state index is 10.5. The maximum Gasteiger partial charge on any atom is 0.225 e. The summed E-state index contributed by atoms with van der Waals surface area (Å²) in [6.45, 7) is 6.01. The molecule has 0 radical (unpaired) electrons. The number of β-amino-alcohol motifs (C(OH)–C–C–N with tert-alkyl or cyclic N) is 1. The number of aliphatic hydroxyl groups excluding tert-OH is 1. The molecule has 0 spiro atoms. The third kappa shape index (κ3) is 4.41. The molecule has 7 heteroatoms. The van der Waals surface area contributed by atoms with Crippen molar-refractivity contribution in [2.75, 3.05) is 44.2 Å². The Balaban J connectivity index is 1.32. The minimum atomic E-state index is -0.596. The number of aromatic nitrogens is 2. The van der Waals surface area contributed by atoms with Crippen LogP contribution in [0.15, 0.2) is 48.8 Å². The van der Waals surface area contributed by atoms with Gasteiger partial charge < -0.3 is 19.8 Å². The average molecular weight is 394 g/mol. The number of piperazine rings is 1. The van der Waals surface area contributed by atoms with Gasteiger partial charge in [0.15, 0.2) is 0 Å². The lowest BCUT2D eigenvalue weighted by atomic mass is 10.0. The van der Waals surface area contributed by atoms with Gasteiger partial charge in [0.25, 0.3) is 0 Å². The molecule has 0 amide bonds. The lowest BCUT2D eigenvalue weighted by Gasteiger charge is -2.35. The van der Waals surface area contributed by atoms with Crippen molar-refractivity contribution < 1.29 is 14.9 Å². The molecule has 1 saturated heterocycles. The van der Waals surface area contributed by atoms with Crippen molar-refractivity contribution in [3.05, 3.63) is 54.4 Å². The van der Waals surface area contributed by atoms with Crippen molar-refractivity contribution in [3.8, 4) is 11.5 Å². The number of ether oxygens (including phenoxy) is 1. The Morgan fingerprint density at radius 3 is 2.45 bits per heavy atom. The summed E-state index contributed by atoms with van der Waals surface area (Å²) >= 11 is 0. The third-order valence-corrected chi connectivity index (χ3v) is 5.26. The van der Waals surface area contributed by atoms with E-state index in [2.05, 4.69) is 19.8 Å². The highest BCUT2D eigenvalue weighted by Gasteiger charge is 2.21. The predicted molar refractivity (Wildman–Crippen MR) is 113 cm³/mol. The fraction of sp³-hybridized carbons (Fsp3) is 0.364. The number of aliphatic hydroxyl groups is 1. The summed E-state index contributed by atoms with van der Waals surface area (Å²) in [6.07, 6.45) is 2.91. The van der Waals surface area contributed by atoms with Gasteiger partial charge in [0.05, 0.1) is 0 Å². The molecule has 2 N–H and O–H groups in total. The molecular weight excluding hydrogens is 368 g/mol. The molecule has 1 atom stereocenters. The number of fused-ring (bicyclic) bond motifs is 1. The molecule has 1 aliphatic rings. The summed E-state index contributed by atoms with van der Waals surface area (Å²) in [5.41, 5.74) is 0.852. The van der Waals surface area contributed by atoms with Gasteiger partial charge in [-0.15, -0.1) is 0 Å². The first kappa shape index (κ1) is 19.4. The highest BCUT2D eigenvalue weighted by Crippen LogP contribution is 2.35. The number of nitrogens with zero attached hydrogens (tertiary/aromatic N) is 4. The lowest BCUT2D eigenvalue weighted by Crippen LogP contribution is -2.49. The molecule has 3 aromatic rings.